The van der Waals surface area contributed by atoms with Crippen molar-refractivity contribution in [2.75, 3.05) is 20.1 Å². The van der Waals surface area contributed by atoms with Gasteiger partial charge in [-0.3, -0.25) is 0 Å². The number of nitrogens with zero attached hydrogens (tertiary/aromatic N) is 1. The average Bonchev–Trinajstić information content (AvgIpc) is 2.78. The number of hydrogen-bond donors (Lipinski definition) is 1. The molecule has 1 aliphatic heterocycles. The molecule has 0 aromatic heterocycles. The van der Waals surface area contributed by atoms with E-state index in [0.717, 1.165) is 12.8 Å². The SMILES string of the molecule is CNCC1CCCN1S(=O)(=O)c1ccc(Br)cc1F. The first kappa shape index (κ1) is 14.9. The Morgan fingerprint density at radius 2 is 2.26 bits per heavy atom. The third-order valence-electron chi connectivity index (χ3n) is 3.24. The van der Waals surface area contributed by atoms with Gasteiger partial charge in [0.05, 0.1) is 0 Å². The van der Waals surface area contributed by atoms with Crippen LogP contribution in [-0.2, 0) is 10.0 Å². The van der Waals surface area contributed by atoms with Crippen molar-refractivity contribution in [2.45, 2.75) is 23.8 Å². The summed E-state index contributed by atoms with van der Waals surface area (Å²) >= 11 is 3.12. The predicted octanol–water partition coefficient (Wildman–Crippen LogP) is 1.96. The molecule has 0 spiro atoms. The van der Waals surface area contributed by atoms with Crippen molar-refractivity contribution in [1.29, 1.82) is 0 Å². The number of hydrogen-bond acceptors (Lipinski definition) is 3. The van der Waals surface area contributed by atoms with E-state index in [-0.39, 0.29) is 10.9 Å². The van der Waals surface area contributed by atoms with Crippen LogP contribution in [0.5, 0.6) is 0 Å². The molecule has 1 aromatic carbocycles. The lowest BCUT2D eigenvalue weighted by Gasteiger charge is -2.24. The standard InChI is InChI=1S/C12H16BrFN2O2S/c1-15-8-10-3-2-6-16(10)19(17,18)12-5-4-9(13)7-11(12)14/h4-5,7,10,15H,2-3,6,8H2,1H3. The normalized spacial score (nSPS) is 20.9. The fourth-order valence-corrected chi connectivity index (χ4v) is 4.45. The Hall–Kier alpha value is -0.500. The highest BCUT2D eigenvalue weighted by molar-refractivity contribution is 9.10. The summed E-state index contributed by atoms with van der Waals surface area (Å²) in [6.07, 6.45) is 1.61. The highest BCUT2D eigenvalue weighted by Gasteiger charge is 2.36. The molecule has 106 valence electrons. The molecular formula is C12H16BrFN2O2S. The summed E-state index contributed by atoms with van der Waals surface area (Å²) in [7, 11) is -1.98. The van der Waals surface area contributed by atoms with Crippen LogP contribution in [-0.4, -0.2) is 38.9 Å². The molecule has 1 aliphatic rings. The highest BCUT2D eigenvalue weighted by Crippen LogP contribution is 2.28. The van der Waals surface area contributed by atoms with Crippen molar-refractivity contribution in [3.8, 4) is 0 Å². The first-order valence-electron chi connectivity index (χ1n) is 6.08. The van der Waals surface area contributed by atoms with Crippen LogP contribution in [0.25, 0.3) is 0 Å². The molecule has 19 heavy (non-hydrogen) atoms. The van der Waals surface area contributed by atoms with Crippen LogP contribution in [0.1, 0.15) is 12.8 Å². The van der Waals surface area contributed by atoms with Gasteiger partial charge in [0.15, 0.2) is 0 Å². The summed E-state index contributed by atoms with van der Waals surface area (Å²) in [4.78, 5) is -0.251. The second kappa shape index (κ2) is 5.87. The summed E-state index contributed by atoms with van der Waals surface area (Å²) in [6.45, 7) is 1.03. The van der Waals surface area contributed by atoms with Gasteiger partial charge in [-0.2, -0.15) is 4.31 Å². The van der Waals surface area contributed by atoms with Crippen molar-refractivity contribution in [3.63, 3.8) is 0 Å². The van der Waals surface area contributed by atoms with Crippen LogP contribution in [0.3, 0.4) is 0 Å². The summed E-state index contributed by atoms with van der Waals surface area (Å²) < 4.78 is 40.8. The molecule has 7 heteroatoms. The van der Waals surface area contributed by atoms with E-state index in [2.05, 4.69) is 21.2 Å². The van der Waals surface area contributed by atoms with Crippen LogP contribution in [0.15, 0.2) is 27.6 Å². The molecule has 1 atom stereocenters. The Balaban J connectivity index is 2.36. The minimum Gasteiger partial charge on any atom is -0.318 e. The van der Waals surface area contributed by atoms with Gasteiger partial charge in [0.1, 0.15) is 10.7 Å². The molecule has 0 bridgehead atoms. The van der Waals surface area contributed by atoms with Crippen molar-refractivity contribution in [1.82, 2.24) is 9.62 Å². The van der Waals surface area contributed by atoms with Gasteiger partial charge < -0.3 is 5.32 Å². The number of rotatable bonds is 4. The fraction of sp³-hybridized carbons (Fsp3) is 0.500. The highest BCUT2D eigenvalue weighted by atomic mass is 79.9. The molecule has 4 nitrogen and oxygen atoms in total. The monoisotopic (exact) mass is 350 g/mol. The molecule has 1 fully saturated rings. The van der Waals surface area contributed by atoms with E-state index in [1.165, 1.54) is 16.4 Å². The Bertz CT molecular complexity index is 565. The number of nitrogens with one attached hydrogen (secondary N) is 1. The van der Waals surface area contributed by atoms with E-state index in [9.17, 15) is 12.8 Å². The molecule has 0 amide bonds. The van der Waals surface area contributed by atoms with Gasteiger partial charge in [0.25, 0.3) is 0 Å². The van der Waals surface area contributed by atoms with Crippen molar-refractivity contribution < 1.29 is 12.8 Å². The van der Waals surface area contributed by atoms with Crippen LogP contribution < -0.4 is 5.32 Å². The molecule has 0 saturated carbocycles. The number of benzene rings is 1. The van der Waals surface area contributed by atoms with Crippen LogP contribution >= 0.6 is 15.9 Å². The van der Waals surface area contributed by atoms with Crippen molar-refractivity contribution in [2.24, 2.45) is 0 Å². The first-order valence-corrected chi connectivity index (χ1v) is 8.31. The predicted molar refractivity (Wildman–Crippen MR) is 74.9 cm³/mol. The quantitative estimate of drug-likeness (QED) is 0.902. The van der Waals surface area contributed by atoms with Gasteiger partial charge in [-0.1, -0.05) is 15.9 Å². The van der Waals surface area contributed by atoms with Gasteiger partial charge in [-0.05, 0) is 38.1 Å². The minimum atomic E-state index is -3.76. The summed E-state index contributed by atoms with van der Waals surface area (Å²) in [5.74, 6) is -0.718. The largest absolute Gasteiger partial charge is 0.318 e. The van der Waals surface area contributed by atoms with Gasteiger partial charge in [-0.25, -0.2) is 12.8 Å². The third-order valence-corrected chi connectivity index (χ3v) is 5.72. The molecular weight excluding hydrogens is 335 g/mol. The molecule has 1 heterocycles. The minimum absolute atomic E-state index is 0.0990. The number of halogens is 2. The topological polar surface area (TPSA) is 49.4 Å². The van der Waals surface area contributed by atoms with Gasteiger partial charge >= 0.3 is 0 Å². The Morgan fingerprint density at radius 1 is 1.53 bits per heavy atom. The molecule has 1 aromatic rings. The average molecular weight is 351 g/mol. The molecule has 2 rings (SSSR count). The Morgan fingerprint density at radius 3 is 2.89 bits per heavy atom. The van der Waals surface area contributed by atoms with Crippen LogP contribution in [0.4, 0.5) is 4.39 Å². The zero-order valence-electron chi connectivity index (χ0n) is 10.6. The van der Waals surface area contributed by atoms with Gasteiger partial charge in [-0.15, -0.1) is 0 Å². The molecule has 1 saturated heterocycles. The summed E-state index contributed by atoms with van der Waals surface area (Å²) in [5, 5.41) is 2.98. The maximum atomic E-state index is 13.9. The lowest BCUT2D eigenvalue weighted by molar-refractivity contribution is 0.376. The van der Waals surface area contributed by atoms with Gasteiger partial charge in [0, 0.05) is 23.6 Å². The van der Waals surface area contributed by atoms with E-state index in [0.29, 0.717) is 17.6 Å². The lowest BCUT2D eigenvalue weighted by atomic mass is 10.2. The van der Waals surface area contributed by atoms with Crippen molar-refractivity contribution >= 4 is 26.0 Å². The van der Waals surface area contributed by atoms with Crippen LogP contribution in [0.2, 0.25) is 0 Å². The molecule has 0 aliphatic carbocycles. The number of likely N-dealkylation sites (N-methyl/N-ethyl adjacent to an activating group) is 1. The van der Waals surface area contributed by atoms with E-state index < -0.39 is 15.8 Å². The second-order valence-electron chi connectivity index (χ2n) is 4.54. The maximum Gasteiger partial charge on any atom is 0.246 e. The molecule has 0 radical (unpaired) electrons. The Kier molecular flexibility index (Phi) is 4.60. The molecule has 1 unspecified atom stereocenters. The van der Waals surface area contributed by atoms with Crippen molar-refractivity contribution in [3.05, 3.63) is 28.5 Å². The third kappa shape index (κ3) is 2.99. The van der Waals surface area contributed by atoms with E-state index >= 15 is 0 Å². The fourth-order valence-electron chi connectivity index (χ4n) is 2.38. The number of sulfonamides is 1. The van der Waals surface area contributed by atoms with Crippen LogP contribution in [0, 0.1) is 5.82 Å². The Labute approximate surface area is 121 Å². The second-order valence-corrected chi connectivity index (χ2v) is 7.32. The maximum absolute atomic E-state index is 13.9. The van der Waals surface area contributed by atoms with Gasteiger partial charge in [0.2, 0.25) is 10.0 Å². The summed E-state index contributed by atoms with van der Waals surface area (Å²) in [6, 6.07) is 3.93. The zero-order valence-corrected chi connectivity index (χ0v) is 13.0. The molecule has 1 N–H and O–H groups in total. The van der Waals surface area contributed by atoms with E-state index in [4.69, 9.17) is 0 Å². The lowest BCUT2D eigenvalue weighted by Crippen LogP contribution is -2.41. The summed E-state index contributed by atoms with van der Waals surface area (Å²) in [5.41, 5.74) is 0. The first-order chi connectivity index (χ1) is 8.96. The van der Waals surface area contributed by atoms with E-state index in [1.807, 2.05) is 0 Å². The smallest absolute Gasteiger partial charge is 0.246 e. The van der Waals surface area contributed by atoms with E-state index in [1.54, 1.807) is 13.1 Å². The zero-order chi connectivity index (χ0) is 14.0.